The molecule has 0 fully saturated rings. The number of nitriles is 1. The fraction of sp³-hybridized carbons (Fsp3) is 0.259. The molecule has 2 N–H and O–H groups in total. The van der Waals surface area contributed by atoms with Gasteiger partial charge in [0.2, 0.25) is 0 Å². The first-order valence-electron chi connectivity index (χ1n) is 11.9. The smallest absolute Gasteiger partial charge is 0.307 e. The van der Waals surface area contributed by atoms with Crippen molar-refractivity contribution in [2.24, 2.45) is 10.2 Å². The van der Waals surface area contributed by atoms with Crippen molar-refractivity contribution in [1.82, 2.24) is 4.90 Å². The van der Waals surface area contributed by atoms with Gasteiger partial charge in [-0.3, -0.25) is 19.3 Å². The van der Waals surface area contributed by atoms with Crippen LogP contribution < -0.4 is 4.90 Å². The highest BCUT2D eigenvalue weighted by Gasteiger charge is 2.37. The number of carbonyl (C=O) groups is 3. The molecule has 0 bridgehead atoms. The number of esters is 1. The third kappa shape index (κ3) is 4.39. The molecule has 2 aliphatic heterocycles. The number of fused-ring (bicyclic) bond motifs is 4. The summed E-state index contributed by atoms with van der Waals surface area (Å²) in [6, 6.07) is 10.0. The van der Waals surface area contributed by atoms with Gasteiger partial charge in [0.15, 0.2) is 0 Å². The third-order valence-electron chi connectivity index (χ3n) is 6.86. The molecule has 0 aromatic heterocycles. The van der Waals surface area contributed by atoms with Crippen molar-refractivity contribution in [3.05, 3.63) is 57.1 Å². The number of nitrogens with zero attached hydrogens (tertiary/aromatic N) is 5. The van der Waals surface area contributed by atoms with Gasteiger partial charge in [-0.15, -0.1) is 10.2 Å². The third-order valence-corrected chi connectivity index (χ3v) is 7.63. The van der Waals surface area contributed by atoms with Crippen molar-refractivity contribution in [1.29, 1.82) is 5.26 Å². The van der Waals surface area contributed by atoms with Crippen LogP contribution in [0.25, 0.3) is 10.8 Å². The SMILES string of the molecule is COC(=O)CCN1CC(O)Cc2cc(N=Nc3c(C#N)cc4c(c3Br)C(=O)N(C)C4=O)c3c(O)cccc3c21. The van der Waals surface area contributed by atoms with Crippen molar-refractivity contribution in [2.45, 2.75) is 18.9 Å². The lowest BCUT2D eigenvalue weighted by Gasteiger charge is -2.35. The molecular weight excluding hydrogens is 570 g/mol. The number of imide groups is 1. The number of rotatable bonds is 5. The fourth-order valence-electron chi connectivity index (χ4n) is 5.03. The maximum absolute atomic E-state index is 12.6. The number of hydrogen-bond donors (Lipinski definition) is 2. The molecule has 5 rings (SSSR count). The van der Waals surface area contributed by atoms with E-state index in [0.717, 1.165) is 16.2 Å². The Morgan fingerprint density at radius 3 is 2.74 bits per heavy atom. The predicted octanol–water partition coefficient (Wildman–Crippen LogP) is 4.11. The Hall–Kier alpha value is -4.34. The summed E-state index contributed by atoms with van der Waals surface area (Å²) in [6.07, 6.45) is -0.275. The minimum atomic E-state index is -0.703. The number of amides is 2. The molecule has 39 heavy (non-hydrogen) atoms. The van der Waals surface area contributed by atoms with Crippen molar-refractivity contribution in [3.63, 3.8) is 0 Å². The number of phenols is 1. The largest absolute Gasteiger partial charge is 0.507 e. The van der Waals surface area contributed by atoms with E-state index in [9.17, 15) is 29.9 Å². The molecule has 198 valence electrons. The molecule has 1 atom stereocenters. The average molecular weight is 592 g/mol. The van der Waals surface area contributed by atoms with E-state index in [1.54, 1.807) is 12.1 Å². The van der Waals surface area contributed by atoms with Crippen LogP contribution in [0, 0.1) is 11.3 Å². The lowest BCUT2D eigenvalue weighted by Crippen LogP contribution is -2.39. The highest BCUT2D eigenvalue weighted by Crippen LogP contribution is 2.45. The Balaban J connectivity index is 1.65. The van der Waals surface area contributed by atoms with Crippen LogP contribution in [0.15, 0.2) is 45.0 Å². The second-order valence-corrected chi connectivity index (χ2v) is 10.0. The van der Waals surface area contributed by atoms with Gasteiger partial charge in [0.25, 0.3) is 11.8 Å². The van der Waals surface area contributed by atoms with Crippen molar-refractivity contribution in [2.75, 3.05) is 32.1 Å². The summed E-state index contributed by atoms with van der Waals surface area (Å²) in [5, 5.41) is 40.8. The number of aromatic hydroxyl groups is 1. The summed E-state index contributed by atoms with van der Waals surface area (Å²) in [4.78, 5) is 39.7. The zero-order valence-electron chi connectivity index (χ0n) is 20.9. The van der Waals surface area contributed by atoms with Gasteiger partial charge in [-0.2, -0.15) is 5.26 Å². The van der Waals surface area contributed by atoms with E-state index in [-0.39, 0.29) is 50.7 Å². The number of aliphatic hydroxyl groups excluding tert-OH is 1. The van der Waals surface area contributed by atoms with Crippen LogP contribution in [-0.4, -0.2) is 66.2 Å². The van der Waals surface area contributed by atoms with Gasteiger partial charge >= 0.3 is 5.97 Å². The summed E-state index contributed by atoms with van der Waals surface area (Å²) >= 11 is 3.34. The van der Waals surface area contributed by atoms with Gasteiger partial charge in [0, 0.05) is 37.6 Å². The average Bonchev–Trinajstić information content (AvgIpc) is 3.13. The quantitative estimate of drug-likeness (QED) is 0.255. The normalized spacial score (nSPS) is 16.5. The monoisotopic (exact) mass is 591 g/mol. The fourth-order valence-corrected chi connectivity index (χ4v) is 5.71. The summed E-state index contributed by atoms with van der Waals surface area (Å²) < 4.78 is 4.93. The van der Waals surface area contributed by atoms with Gasteiger partial charge in [0.05, 0.1) is 51.9 Å². The number of methoxy groups -OCH3 is 1. The highest BCUT2D eigenvalue weighted by molar-refractivity contribution is 9.10. The standard InChI is InChI=1S/C27H22BrN5O6/c1-32-26(37)17-9-14(11-29)24(23(28)22(17)27(32)38)31-30-18-10-13-8-15(34)12-33(7-6-20(36)39-2)25(13)16-4-3-5-19(35)21(16)18/h3-5,9-10,15,34-35H,6-8,12H2,1-2H3. The first kappa shape index (κ1) is 26.3. The van der Waals surface area contributed by atoms with Crippen LogP contribution >= 0.6 is 15.9 Å². The zero-order valence-corrected chi connectivity index (χ0v) is 22.5. The second kappa shape index (κ2) is 10.1. The van der Waals surface area contributed by atoms with E-state index >= 15 is 0 Å². The van der Waals surface area contributed by atoms with E-state index < -0.39 is 17.9 Å². The molecular formula is C27H22BrN5O6. The number of azo groups is 1. The molecule has 2 heterocycles. The first-order chi connectivity index (χ1) is 18.7. The molecule has 11 nitrogen and oxygen atoms in total. The summed E-state index contributed by atoms with van der Waals surface area (Å²) in [5.41, 5.74) is 2.07. The topological polar surface area (TPSA) is 156 Å². The summed E-state index contributed by atoms with van der Waals surface area (Å²) in [7, 11) is 2.67. The Morgan fingerprint density at radius 2 is 2.03 bits per heavy atom. The molecule has 0 spiro atoms. The van der Waals surface area contributed by atoms with Gasteiger partial charge in [0.1, 0.15) is 17.5 Å². The molecule has 2 amide bonds. The number of ether oxygens (including phenoxy) is 1. The lowest BCUT2D eigenvalue weighted by molar-refractivity contribution is -0.140. The Kier molecular flexibility index (Phi) is 6.80. The van der Waals surface area contributed by atoms with Crippen LogP contribution in [0.2, 0.25) is 0 Å². The van der Waals surface area contributed by atoms with Gasteiger partial charge < -0.3 is 19.8 Å². The van der Waals surface area contributed by atoms with Crippen molar-refractivity contribution < 1.29 is 29.3 Å². The van der Waals surface area contributed by atoms with E-state index in [2.05, 4.69) is 26.2 Å². The lowest BCUT2D eigenvalue weighted by atomic mass is 9.93. The summed E-state index contributed by atoms with van der Waals surface area (Å²) in [6.45, 7) is 0.599. The highest BCUT2D eigenvalue weighted by atomic mass is 79.9. The van der Waals surface area contributed by atoms with E-state index in [1.807, 2.05) is 17.0 Å². The molecule has 0 saturated carbocycles. The molecule has 2 aliphatic rings. The van der Waals surface area contributed by atoms with Crippen LogP contribution in [0.3, 0.4) is 0 Å². The molecule has 1 unspecified atom stereocenters. The minimum Gasteiger partial charge on any atom is -0.507 e. The number of benzene rings is 3. The Morgan fingerprint density at radius 1 is 1.26 bits per heavy atom. The van der Waals surface area contributed by atoms with E-state index in [4.69, 9.17) is 4.74 Å². The molecule has 12 heteroatoms. The van der Waals surface area contributed by atoms with Gasteiger partial charge in [-0.1, -0.05) is 12.1 Å². The molecule has 0 saturated heterocycles. The number of hydrogen-bond acceptors (Lipinski definition) is 10. The molecule has 3 aromatic rings. The number of halogens is 1. The van der Waals surface area contributed by atoms with Crippen LogP contribution in [-0.2, 0) is 16.0 Å². The summed E-state index contributed by atoms with van der Waals surface area (Å²) in [5.74, 6) is -1.48. The Labute approximate surface area is 231 Å². The number of carbonyl (C=O) groups excluding carboxylic acids is 3. The van der Waals surface area contributed by atoms with Gasteiger partial charge in [-0.05, 0) is 39.7 Å². The van der Waals surface area contributed by atoms with E-state index in [0.29, 0.717) is 30.3 Å². The number of phenolic OH excluding ortho intramolecular Hbond substituents is 1. The molecule has 3 aromatic carbocycles. The maximum atomic E-state index is 12.6. The van der Waals surface area contributed by atoms with Crippen LogP contribution in [0.5, 0.6) is 5.75 Å². The predicted molar refractivity (Wildman–Crippen MR) is 144 cm³/mol. The molecule has 0 radical (unpaired) electrons. The number of β-amino-alcohol motifs (C(OH)–C–C–N with tert-alkyl or cyclic N) is 1. The number of aliphatic hydroxyl groups is 1. The maximum Gasteiger partial charge on any atom is 0.307 e. The van der Waals surface area contributed by atoms with Crippen molar-refractivity contribution >= 4 is 61.5 Å². The zero-order chi connectivity index (χ0) is 28.0. The van der Waals surface area contributed by atoms with E-state index in [1.165, 1.54) is 26.3 Å². The van der Waals surface area contributed by atoms with Crippen molar-refractivity contribution in [3.8, 4) is 11.8 Å². The number of anilines is 1. The second-order valence-electron chi connectivity index (χ2n) is 9.22. The minimum absolute atomic E-state index is 0.0386. The van der Waals surface area contributed by atoms with Crippen LogP contribution in [0.1, 0.15) is 38.3 Å². The first-order valence-corrected chi connectivity index (χ1v) is 12.7. The molecule has 0 aliphatic carbocycles. The van der Waals surface area contributed by atoms with Crippen LogP contribution in [0.4, 0.5) is 17.1 Å². The van der Waals surface area contributed by atoms with Gasteiger partial charge in [-0.25, -0.2) is 0 Å². The Bertz CT molecular complexity index is 1650.